The van der Waals surface area contributed by atoms with E-state index in [1.807, 2.05) is 6.07 Å². The van der Waals surface area contributed by atoms with Gasteiger partial charge in [0.2, 0.25) is 0 Å². The number of nitrogens with zero attached hydrogens (tertiary/aromatic N) is 3. The number of H-pyrrole nitrogens is 2. The van der Waals surface area contributed by atoms with Gasteiger partial charge in [0.15, 0.2) is 0 Å². The van der Waals surface area contributed by atoms with Crippen LogP contribution in [0.3, 0.4) is 0 Å². The van der Waals surface area contributed by atoms with Crippen LogP contribution in [-0.2, 0) is 0 Å². The summed E-state index contributed by atoms with van der Waals surface area (Å²) in [6, 6.07) is 3.37. The third-order valence-corrected chi connectivity index (χ3v) is 5.15. The van der Waals surface area contributed by atoms with Crippen LogP contribution in [0, 0.1) is 5.92 Å². The first kappa shape index (κ1) is 18.5. The fourth-order valence-corrected chi connectivity index (χ4v) is 3.87. The van der Waals surface area contributed by atoms with Crippen LogP contribution in [-0.4, -0.2) is 50.0 Å². The first-order chi connectivity index (χ1) is 13.4. The summed E-state index contributed by atoms with van der Waals surface area (Å²) >= 11 is 0. The number of hydrogen-bond donors (Lipinski definition) is 2. The van der Waals surface area contributed by atoms with Gasteiger partial charge < -0.3 is 14.9 Å². The molecule has 4 rings (SSSR count). The predicted molar refractivity (Wildman–Crippen MR) is 102 cm³/mol. The molecule has 1 saturated carbocycles. The number of rotatable bonds is 5. The van der Waals surface area contributed by atoms with Gasteiger partial charge in [-0.1, -0.05) is 12.8 Å². The quantitative estimate of drug-likeness (QED) is 0.661. The molecule has 3 aromatic heterocycles. The van der Waals surface area contributed by atoms with Crippen LogP contribution in [0.15, 0.2) is 30.9 Å². The van der Waals surface area contributed by atoms with E-state index >= 15 is 0 Å². The van der Waals surface area contributed by atoms with Crippen molar-refractivity contribution in [2.24, 2.45) is 5.92 Å². The van der Waals surface area contributed by atoms with Gasteiger partial charge in [0.1, 0.15) is 24.2 Å². The molecule has 3 aromatic rings. The number of aromatic amines is 2. The molecule has 2 N–H and O–H groups in total. The lowest BCUT2D eigenvalue weighted by Gasteiger charge is -2.26. The van der Waals surface area contributed by atoms with Gasteiger partial charge in [-0.05, 0) is 30.9 Å². The van der Waals surface area contributed by atoms with E-state index in [4.69, 9.17) is 0 Å². The summed E-state index contributed by atoms with van der Waals surface area (Å²) in [4.78, 5) is 27.9. The van der Waals surface area contributed by atoms with Crippen LogP contribution in [0.4, 0.5) is 13.2 Å². The summed E-state index contributed by atoms with van der Waals surface area (Å²) in [6.07, 6.45) is 4.02. The topological polar surface area (TPSA) is 77.7 Å². The third-order valence-electron chi connectivity index (χ3n) is 5.15. The first-order valence-corrected chi connectivity index (χ1v) is 9.23. The van der Waals surface area contributed by atoms with Crippen LogP contribution < -0.4 is 0 Å². The molecular weight excluding hydrogens is 371 g/mol. The number of amides is 1. The van der Waals surface area contributed by atoms with Crippen molar-refractivity contribution in [1.82, 2.24) is 24.8 Å². The number of halogens is 3. The molecule has 1 amide bonds. The highest BCUT2D eigenvalue weighted by Crippen LogP contribution is 2.29. The maximum Gasteiger partial charge on any atom is 0.406 e. The second kappa shape index (κ2) is 7.29. The van der Waals surface area contributed by atoms with E-state index in [0.717, 1.165) is 36.0 Å². The Balaban J connectivity index is 0.00000160. The molecule has 0 unspecified atom stereocenters. The molecular formula is C19H24F3N5O. The largest absolute Gasteiger partial charge is 0.406 e. The maximum atomic E-state index is 13.0. The molecule has 0 aromatic carbocycles. The molecule has 0 atom stereocenters. The molecule has 28 heavy (non-hydrogen) atoms. The highest BCUT2D eigenvalue weighted by Gasteiger charge is 2.35. The Morgan fingerprint density at radius 2 is 2.04 bits per heavy atom. The van der Waals surface area contributed by atoms with E-state index in [1.165, 1.54) is 6.33 Å². The lowest BCUT2D eigenvalue weighted by molar-refractivity contribution is -0.141. The zero-order valence-corrected chi connectivity index (χ0v) is 15.1. The molecule has 1 aliphatic carbocycles. The molecule has 6 nitrogen and oxygen atoms in total. The van der Waals surface area contributed by atoms with Crippen molar-refractivity contribution in [1.29, 1.82) is 0 Å². The van der Waals surface area contributed by atoms with E-state index in [1.54, 1.807) is 18.5 Å². The van der Waals surface area contributed by atoms with Gasteiger partial charge in [0.05, 0.1) is 5.69 Å². The minimum Gasteiger partial charge on any atom is -0.357 e. The average molecular weight is 395 g/mol. The number of hydrogen-bond acceptors (Lipinski definition) is 3. The predicted octanol–water partition coefficient (Wildman–Crippen LogP) is 4.64. The van der Waals surface area contributed by atoms with Crippen LogP contribution >= 0.6 is 0 Å². The molecule has 0 bridgehead atoms. The Kier molecular flexibility index (Phi) is 4.82. The molecule has 0 radical (unpaired) electrons. The Hall–Kier alpha value is -2.84. The minimum atomic E-state index is -4.44. The van der Waals surface area contributed by atoms with Crippen LogP contribution in [0.5, 0.6) is 0 Å². The van der Waals surface area contributed by atoms with E-state index in [-0.39, 0.29) is 21.0 Å². The summed E-state index contributed by atoms with van der Waals surface area (Å²) in [6.45, 7) is -1.12. The van der Waals surface area contributed by atoms with Crippen molar-refractivity contribution in [3.8, 4) is 11.3 Å². The van der Waals surface area contributed by atoms with Crippen LogP contribution in [0.25, 0.3) is 22.3 Å². The summed E-state index contributed by atoms with van der Waals surface area (Å²) in [5.74, 6) is -0.517. The van der Waals surface area contributed by atoms with Gasteiger partial charge >= 0.3 is 6.18 Å². The Labute approximate surface area is 162 Å². The van der Waals surface area contributed by atoms with Gasteiger partial charge in [-0.15, -0.1) is 0 Å². The smallest absolute Gasteiger partial charge is 0.357 e. The lowest BCUT2D eigenvalue weighted by atomic mass is 10.1. The maximum absolute atomic E-state index is 13.0. The second-order valence-electron chi connectivity index (χ2n) is 7.22. The van der Waals surface area contributed by atoms with Crippen LogP contribution in [0.2, 0.25) is 0 Å². The molecule has 1 fully saturated rings. The minimum absolute atomic E-state index is 0. The molecule has 9 heteroatoms. The number of fused-ring (bicyclic) bond motifs is 1. The van der Waals surface area contributed by atoms with Gasteiger partial charge in [-0.3, -0.25) is 4.79 Å². The van der Waals surface area contributed by atoms with Crippen molar-refractivity contribution in [3.05, 3.63) is 36.5 Å². The normalized spacial score (nSPS) is 15.4. The monoisotopic (exact) mass is 395 g/mol. The van der Waals surface area contributed by atoms with Crippen molar-refractivity contribution in [3.63, 3.8) is 0 Å². The number of aromatic nitrogens is 4. The number of carbonyl (C=O) groups is 1. The summed E-state index contributed by atoms with van der Waals surface area (Å²) in [5, 5.41) is 0.776. The first-order valence-electron chi connectivity index (χ1n) is 9.23. The summed E-state index contributed by atoms with van der Waals surface area (Å²) in [7, 11) is 0. The second-order valence-corrected chi connectivity index (χ2v) is 7.22. The van der Waals surface area contributed by atoms with Gasteiger partial charge in [0.25, 0.3) is 5.91 Å². The van der Waals surface area contributed by atoms with Gasteiger partial charge in [-0.25, -0.2) is 9.97 Å². The Morgan fingerprint density at radius 3 is 2.79 bits per heavy atom. The molecule has 152 valence electrons. The fourth-order valence-electron chi connectivity index (χ4n) is 3.87. The molecule has 3 heterocycles. The van der Waals surface area contributed by atoms with Gasteiger partial charge in [-0.2, -0.15) is 13.2 Å². The van der Waals surface area contributed by atoms with E-state index in [0.29, 0.717) is 16.9 Å². The van der Waals surface area contributed by atoms with Crippen molar-refractivity contribution >= 4 is 16.9 Å². The lowest BCUT2D eigenvalue weighted by Crippen LogP contribution is -2.41. The molecule has 0 aliphatic heterocycles. The summed E-state index contributed by atoms with van der Waals surface area (Å²) in [5.41, 5.74) is 2.02. The fraction of sp³-hybridized carbons (Fsp3) is 0.421. The number of carbonyl (C=O) groups excluding carboxylic acids is 1. The SMILES string of the molecule is O=C(c1cc(-c2ncnc3[nH]ccc23)c[nH]1)N(CC1CCCC1)CC(F)(F)F.[HH].[HH]. The molecule has 0 saturated heterocycles. The van der Waals surface area contributed by atoms with Crippen molar-refractivity contribution in [2.45, 2.75) is 31.9 Å². The highest BCUT2D eigenvalue weighted by atomic mass is 19.4. The third kappa shape index (κ3) is 3.88. The number of nitrogens with one attached hydrogen (secondary N) is 2. The zero-order valence-electron chi connectivity index (χ0n) is 15.1. The average Bonchev–Trinajstić information content (AvgIpc) is 3.39. The molecule has 0 spiro atoms. The van der Waals surface area contributed by atoms with E-state index in [2.05, 4.69) is 19.9 Å². The highest BCUT2D eigenvalue weighted by molar-refractivity contribution is 5.96. The van der Waals surface area contributed by atoms with E-state index in [9.17, 15) is 18.0 Å². The Bertz CT molecular complexity index is 982. The molecule has 1 aliphatic rings. The van der Waals surface area contributed by atoms with Crippen molar-refractivity contribution in [2.75, 3.05) is 13.1 Å². The summed E-state index contributed by atoms with van der Waals surface area (Å²) < 4.78 is 39.1. The number of alkyl halides is 3. The van der Waals surface area contributed by atoms with Crippen LogP contribution in [0.1, 0.15) is 39.0 Å². The van der Waals surface area contributed by atoms with Crippen molar-refractivity contribution < 1.29 is 20.8 Å². The van der Waals surface area contributed by atoms with Gasteiger partial charge in [0, 0.05) is 32.7 Å². The standard InChI is InChI=1S/C19H20F3N5O.2H2/c20-19(21,22)10-27(9-12-3-1-2-4-12)18(28)15-7-13(8-24-15)16-14-5-6-23-17(14)26-11-25-16;;/h5-8,11-12,24H,1-4,9-10H2,(H,23,25,26);2*1H. The van der Waals surface area contributed by atoms with E-state index < -0.39 is 18.6 Å². The zero-order chi connectivity index (χ0) is 19.7. The Morgan fingerprint density at radius 1 is 1.25 bits per heavy atom.